The molecular formula is C21H25ClN3O2+. The fourth-order valence-electron chi connectivity index (χ4n) is 3.32. The lowest BCUT2D eigenvalue weighted by atomic mass is 10.1. The van der Waals surface area contributed by atoms with Crippen LogP contribution in [-0.2, 0) is 16.0 Å². The maximum absolute atomic E-state index is 12.5. The molecule has 0 radical (unpaired) electrons. The largest absolute Gasteiger partial charge is 0.331 e. The highest BCUT2D eigenvalue weighted by atomic mass is 35.5. The Labute approximate surface area is 164 Å². The van der Waals surface area contributed by atoms with E-state index in [0.29, 0.717) is 36.8 Å². The molecule has 1 aliphatic rings. The molecular weight excluding hydrogens is 362 g/mol. The molecule has 1 heterocycles. The first-order chi connectivity index (χ1) is 13.0. The normalized spacial score (nSPS) is 14.8. The van der Waals surface area contributed by atoms with Crippen molar-refractivity contribution in [2.75, 3.05) is 38.0 Å². The molecule has 1 aliphatic heterocycles. The van der Waals surface area contributed by atoms with Gasteiger partial charge in [-0.1, -0.05) is 48.0 Å². The monoisotopic (exact) mass is 386 g/mol. The SMILES string of the molecule is Cc1ccccc1CC(=O)N1CC[NH+](CC(=O)Nc2ccccc2Cl)CC1. The van der Waals surface area contributed by atoms with E-state index >= 15 is 0 Å². The third-order valence-corrected chi connectivity index (χ3v) is 5.31. The highest BCUT2D eigenvalue weighted by Gasteiger charge is 2.25. The van der Waals surface area contributed by atoms with Gasteiger partial charge >= 0.3 is 0 Å². The molecule has 0 atom stereocenters. The molecule has 0 bridgehead atoms. The number of carbonyl (C=O) groups excluding carboxylic acids is 2. The minimum absolute atomic E-state index is 0.0576. The average molecular weight is 387 g/mol. The number of hydrogen-bond acceptors (Lipinski definition) is 2. The third kappa shape index (κ3) is 5.31. The third-order valence-electron chi connectivity index (χ3n) is 4.98. The van der Waals surface area contributed by atoms with E-state index in [-0.39, 0.29) is 11.8 Å². The summed E-state index contributed by atoms with van der Waals surface area (Å²) in [5.41, 5.74) is 2.86. The Morgan fingerprint density at radius 2 is 1.74 bits per heavy atom. The standard InChI is InChI=1S/C21H24ClN3O2/c1-16-6-2-3-7-17(16)14-21(27)25-12-10-24(11-13-25)15-20(26)23-19-9-5-4-8-18(19)22/h2-9H,10-15H2,1H3,(H,23,26)/p+1. The van der Waals surface area contributed by atoms with Crippen LogP contribution in [0.5, 0.6) is 0 Å². The van der Waals surface area contributed by atoms with Gasteiger partial charge in [-0.2, -0.15) is 0 Å². The Bertz CT molecular complexity index is 817. The smallest absolute Gasteiger partial charge is 0.279 e. The van der Waals surface area contributed by atoms with Crippen LogP contribution in [0, 0.1) is 6.92 Å². The summed E-state index contributed by atoms with van der Waals surface area (Å²) in [5.74, 6) is 0.0988. The van der Waals surface area contributed by atoms with Crippen LogP contribution in [0.1, 0.15) is 11.1 Å². The van der Waals surface area contributed by atoms with Crippen LogP contribution in [0.4, 0.5) is 5.69 Å². The minimum atomic E-state index is -0.0576. The van der Waals surface area contributed by atoms with Gasteiger partial charge in [0.05, 0.1) is 43.3 Å². The Balaban J connectivity index is 1.46. The molecule has 1 fully saturated rings. The lowest BCUT2D eigenvalue weighted by Gasteiger charge is -2.32. The van der Waals surface area contributed by atoms with Gasteiger partial charge in [0.15, 0.2) is 6.54 Å². The number of aryl methyl sites for hydroxylation is 1. The molecule has 142 valence electrons. The first kappa shape index (κ1) is 19.4. The van der Waals surface area contributed by atoms with Crippen molar-refractivity contribution in [3.63, 3.8) is 0 Å². The summed E-state index contributed by atoms with van der Waals surface area (Å²) in [6, 6.07) is 15.2. The Morgan fingerprint density at radius 3 is 2.44 bits per heavy atom. The van der Waals surface area contributed by atoms with E-state index in [9.17, 15) is 9.59 Å². The molecule has 27 heavy (non-hydrogen) atoms. The Morgan fingerprint density at radius 1 is 1.07 bits per heavy atom. The van der Waals surface area contributed by atoms with Gasteiger partial charge in [-0.05, 0) is 30.2 Å². The number of quaternary nitrogens is 1. The second-order valence-corrected chi connectivity index (χ2v) is 7.35. The molecule has 1 saturated heterocycles. The summed E-state index contributed by atoms with van der Waals surface area (Å²) < 4.78 is 0. The van der Waals surface area contributed by atoms with Crippen molar-refractivity contribution < 1.29 is 14.5 Å². The topological polar surface area (TPSA) is 53.9 Å². The Kier molecular flexibility index (Phi) is 6.48. The Hall–Kier alpha value is -2.37. The van der Waals surface area contributed by atoms with Crippen LogP contribution in [-0.4, -0.2) is 49.4 Å². The molecule has 2 aromatic rings. The van der Waals surface area contributed by atoms with Gasteiger partial charge in [0, 0.05) is 0 Å². The first-order valence-electron chi connectivity index (χ1n) is 9.23. The predicted octanol–water partition coefficient (Wildman–Crippen LogP) is 1.56. The van der Waals surface area contributed by atoms with E-state index in [2.05, 4.69) is 5.32 Å². The molecule has 2 N–H and O–H groups in total. The molecule has 3 rings (SSSR count). The van der Waals surface area contributed by atoms with Crippen LogP contribution in [0.2, 0.25) is 5.02 Å². The summed E-state index contributed by atoms with van der Waals surface area (Å²) in [6.07, 6.45) is 0.439. The number of carbonyl (C=O) groups is 2. The number of para-hydroxylation sites is 1. The summed E-state index contributed by atoms with van der Waals surface area (Å²) in [6.45, 7) is 5.32. The van der Waals surface area contributed by atoms with Crippen molar-refractivity contribution in [1.82, 2.24) is 4.90 Å². The van der Waals surface area contributed by atoms with Crippen LogP contribution in [0.25, 0.3) is 0 Å². The molecule has 0 saturated carbocycles. The number of piperazine rings is 1. The fourth-order valence-corrected chi connectivity index (χ4v) is 3.50. The summed E-state index contributed by atoms with van der Waals surface area (Å²) in [5, 5.41) is 3.39. The average Bonchev–Trinajstić information content (AvgIpc) is 2.66. The van der Waals surface area contributed by atoms with Crippen molar-refractivity contribution in [3.05, 3.63) is 64.7 Å². The zero-order valence-corrected chi connectivity index (χ0v) is 16.3. The molecule has 5 nitrogen and oxygen atoms in total. The van der Waals surface area contributed by atoms with Crippen LogP contribution in [0.3, 0.4) is 0 Å². The zero-order chi connectivity index (χ0) is 19.2. The van der Waals surface area contributed by atoms with Gasteiger partial charge in [-0.3, -0.25) is 9.59 Å². The zero-order valence-electron chi connectivity index (χ0n) is 15.5. The molecule has 0 aromatic heterocycles. The van der Waals surface area contributed by atoms with Gasteiger partial charge < -0.3 is 15.1 Å². The second kappa shape index (κ2) is 9.02. The molecule has 2 aromatic carbocycles. The minimum Gasteiger partial charge on any atom is -0.331 e. The maximum atomic E-state index is 12.5. The van der Waals surface area contributed by atoms with Crippen LogP contribution in [0.15, 0.2) is 48.5 Å². The predicted molar refractivity (Wildman–Crippen MR) is 107 cm³/mol. The van der Waals surface area contributed by atoms with Crippen molar-refractivity contribution in [1.29, 1.82) is 0 Å². The van der Waals surface area contributed by atoms with E-state index in [4.69, 9.17) is 11.6 Å². The number of halogens is 1. The summed E-state index contributed by atoms with van der Waals surface area (Å²) >= 11 is 6.08. The molecule has 6 heteroatoms. The number of benzene rings is 2. The molecule has 0 unspecified atom stereocenters. The molecule has 2 amide bonds. The number of nitrogens with zero attached hydrogens (tertiary/aromatic N) is 1. The van der Waals surface area contributed by atoms with Gasteiger partial charge in [-0.15, -0.1) is 0 Å². The number of amides is 2. The van der Waals surface area contributed by atoms with Crippen molar-refractivity contribution in [2.45, 2.75) is 13.3 Å². The molecule has 0 aliphatic carbocycles. The van der Waals surface area contributed by atoms with Crippen LogP contribution >= 0.6 is 11.6 Å². The number of anilines is 1. The second-order valence-electron chi connectivity index (χ2n) is 6.94. The number of hydrogen-bond donors (Lipinski definition) is 2. The highest BCUT2D eigenvalue weighted by molar-refractivity contribution is 6.33. The maximum Gasteiger partial charge on any atom is 0.279 e. The van der Waals surface area contributed by atoms with Crippen molar-refractivity contribution in [2.24, 2.45) is 0 Å². The van der Waals surface area contributed by atoms with Crippen molar-refractivity contribution in [3.8, 4) is 0 Å². The van der Waals surface area contributed by atoms with Gasteiger partial charge in [0.25, 0.3) is 5.91 Å². The molecule has 0 spiro atoms. The highest BCUT2D eigenvalue weighted by Crippen LogP contribution is 2.19. The number of nitrogens with one attached hydrogen (secondary N) is 2. The van der Waals surface area contributed by atoms with E-state index in [1.165, 1.54) is 4.90 Å². The van der Waals surface area contributed by atoms with E-state index in [1.54, 1.807) is 12.1 Å². The van der Waals surface area contributed by atoms with E-state index in [0.717, 1.165) is 24.2 Å². The van der Waals surface area contributed by atoms with Gasteiger partial charge in [0.2, 0.25) is 5.91 Å². The van der Waals surface area contributed by atoms with Gasteiger partial charge in [0.1, 0.15) is 0 Å². The first-order valence-corrected chi connectivity index (χ1v) is 9.61. The van der Waals surface area contributed by atoms with E-state index < -0.39 is 0 Å². The van der Waals surface area contributed by atoms with Gasteiger partial charge in [-0.25, -0.2) is 0 Å². The lowest BCUT2D eigenvalue weighted by Crippen LogP contribution is -3.15. The summed E-state index contributed by atoms with van der Waals surface area (Å²) in [4.78, 5) is 27.9. The van der Waals surface area contributed by atoms with Crippen molar-refractivity contribution >= 4 is 29.1 Å². The van der Waals surface area contributed by atoms with E-state index in [1.807, 2.05) is 48.2 Å². The van der Waals surface area contributed by atoms with Crippen LogP contribution < -0.4 is 10.2 Å². The lowest BCUT2D eigenvalue weighted by molar-refractivity contribution is -0.895. The quantitative estimate of drug-likeness (QED) is 0.819. The number of rotatable bonds is 5. The summed E-state index contributed by atoms with van der Waals surface area (Å²) in [7, 11) is 0. The fraction of sp³-hybridized carbons (Fsp3) is 0.333.